The number of aliphatic hydroxyl groups is 1. The van der Waals surface area contributed by atoms with Gasteiger partial charge in [0, 0.05) is 29.9 Å². The van der Waals surface area contributed by atoms with Gasteiger partial charge in [-0.05, 0) is 38.5 Å². The molecule has 1 aliphatic carbocycles. The fraction of sp³-hybridized carbons (Fsp3) is 0.571. The second-order valence-corrected chi connectivity index (χ2v) is 10.1. The van der Waals surface area contributed by atoms with Gasteiger partial charge in [0.1, 0.15) is 10.1 Å². The maximum atomic E-state index is 12.9. The van der Waals surface area contributed by atoms with Gasteiger partial charge in [0.15, 0.2) is 5.83 Å². The summed E-state index contributed by atoms with van der Waals surface area (Å²) in [5, 5.41) is 20.8. The molecule has 1 saturated carbocycles. The topological polar surface area (TPSA) is 87.5 Å². The van der Waals surface area contributed by atoms with Gasteiger partial charge >= 0.3 is 12.0 Å². The van der Waals surface area contributed by atoms with Crippen LogP contribution >= 0.6 is 23.1 Å². The molecule has 0 aliphatic heterocycles. The summed E-state index contributed by atoms with van der Waals surface area (Å²) in [4.78, 5) is 27.3. The Morgan fingerprint density at radius 1 is 1.42 bits per heavy atom. The molecule has 1 aromatic heterocycles. The molecular formula is C21H26F3NO4S2. The van der Waals surface area contributed by atoms with Gasteiger partial charge in [-0.2, -0.15) is 8.78 Å². The highest BCUT2D eigenvalue weighted by Crippen LogP contribution is 2.35. The number of carboxylic acid groups (broad SMARTS) is 1. The van der Waals surface area contributed by atoms with Crippen LogP contribution in [0, 0.1) is 11.8 Å². The molecule has 1 heterocycles. The van der Waals surface area contributed by atoms with Crippen molar-refractivity contribution in [1.29, 1.82) is 0 Å². The van der Waals surface area contributed by atoms with E-state index in [0.29, 0.717) is 24.3 Å². The molecule has 31 heavy (non-hydrogen) atoms. The first kappa shape index (κ1) is 25.6. The number of carboxylic acids is 1. The lowest BCUT2D eigenvalue weighted by molar-refractivity contribution is -0.136. The summed E-state index contributed by atoms with van der Waals surface area (Å²) >= 11 is 2.88. The van der Waals surface area contributed by atoms with Crippen LogP contribution in [0.5, 0.6) is 0 Å². The molecule has 0 bridgehead atoms. The van der Waals surface area contributed by atoms with Crippen LogP contribution in [0.1, 0.15) is 51.1 Å². The number of carbonyl (C=O) groups excluding carboxylic acids is 1. The molecule has 0 radical (unpaired) electrons. The van der Waals surface area contributed by atoms with Crippen molar-refractivity contribution in [2.45, 2.75) is 61.8 Å². The molecule has 1 aromatic rings. The van der Waals surface area contributed by atoms with Crippen LogP contribution in [0.15, 0.2) is 33.8 Å². The van der Waals surface area contributed by atoms with Crippen LogP contribution in [-0.2, 0) is 16.0 Å². The summed E-state index contributed by atoms with van der Waals surface area (Å²) in [6, 6.07) is 0. The molecule has 0 unspecified atom stereocenters. The molecule has 1 fully saturated rings. The van der Waals surface area contributed by atoms with E-state index in [2.05, 4.69) is 4.98 Å². The van der Waals surface area contributed by atoms with E-state index in [-0.39, 0.29) is 36.9 Å². The summed E-state index contributed by atoms with van der Waals surface area (Å²) < 4.78 is 38.0. The molecular weight excluding hydrogens is 451 g/mol. The standard InChI is InChI=1S/C21H26F3NO4S2/c1-21(29,9-6-16(22)19(23)24)8-2-3-13-4-5-17(26)15(13)7-10-30-20-25-14(12-31-20)11-18(27)28/h2-3,12-13,15,29H,4-11H2,1H3,(H,27,28)/b3-2+/t13-,15+,21+/m0/s1. The summed E-state index contributed by atoms with van der Waals surface area (Å²) in [6.45, 7) is 1.47. The quantitative estimate of drug-likeness (QED) is 0.310. The van der Waals surface area contributed by atoms with Crippen molar-refractivity contribution in [2.75, 3.05) is 5.75 Å². The second kappa shape index (κ2) is 11.8. The van der Waals surface area contributed by atoms with Crippen LogP contribution in [0.2, 0.25) is 0 Å². The Bertz CT molecular complexity index is 834. The Labute approximate surface area is 187 Å². The molecule has 0 amide bonds. The normalized spacial score (nSPS) is 20.9. The predicted molar refractivity (Wildman–Crippen MR) is 114 cm³/mol. The minimum atomic E-state index is -2.35. The largest absolute Gasteiger partial charge is 0.481 e. The number of hydrogen-bond acceptors (Lipinski definition) is 6. The number of aliphatic carboxylic acids is 1. The Morgan fingerprint density at radius 2 is 2.16 bits per heavy atom. The van der Waals surface area contributed by atoms with E-state index in [9.17, 15) is 27.9 Å². The van der Waals surface area contributed by atoms with Gasteiger partial charge in [-0.15, -0.1) is 11.3 Å². The lowest BCUT2D eigenvalue weighted by atomic mass is 9.90. The van der Waals surface area contributed by atoms with Crippen LogP contribution in [-0.4, -0.2) is 38.3 Å². The van der Waals surface area contributed by atoms with Gasteiger partial charge in [0.2, 0.25) is 0 Å². The summed E-state index contributed by atoms with van der Waals surface area (Å²) in [6.07, 6.45) is 2.59. The number of allylic oxidation sites excluding steroid dienone is 2. The van der Waals surface area contributed by atoms with Crippen molar-refractivity contribution in [3.05, 3.63) is 35.1 Å². The molecule has 3 atom stereocenters. The zero-order valence-corrected chi connectivity index (χ0v) is 18.8. The molecule has 172 valence electrons. The monoisotopic (exact) mass is 477 g/mol. The van der Waals surface area contributed by atoms with E-state index in [4.69, 9.17) is 5.11 Å². The average Bonchev–Trinajstić information content (AvgIpc) is 3.26. The number of Topliss-reactive ketones (excluding diaryl/α,β-unsaturated/α-hetero) is 1. The number of nitrogens with zero attached hydrogens (tertiary/aromatic N) is 1. The number of hydrogen-bond donors (Lipinski definition) is 2. The van der Waals surface area contributed by atoms with Gasteiger partial charge in [-0.3, -0.25) is 9.59 Å². The van der Waals surface area contributed by atoms with Crippen LogP contribution in [0.4, 0.5) is 13.2 Å². The Hall–Kier alpha value is -1.65. The fourth-order valence-corrected chi connectivity index (χ4v) is 5.41. The third kappa shape index (κ3) is 8.78. The van der Waals surface area contributed by atoms with Gasteiger partial charge < -0.3 is 10.2 Å². The van der Waals surface area contributed by atoms with Crippen LogP contribution in [0.25, 0.3) is 0 Å². The Kier molecular flexibility index (Phi) is 9.77. The number of thioether (sulfide) groups is 1. The second-order valence-electron chi connectivity index (χ2n) is 7.88. The minimum Gasteiger partial charge on any atom is -0.481 e. The van der Waals surface area contributed by atoms with E-state index in [0.717, 1.165) is 10.8 Å². The van der Waals surface area contributed by atoms with Crippen molar-refractivity contribution in [3.63, 3.8) is 0 Å². The maximum absolute atomic E-state index is 12.9. The molecule has 0 aromatic carbocycles. The highest BCUT2D eigenvalue weighted by atomic mass is 32.2. The van der Waals surface area contributed by atoms with Gasteiger partial charge in [0.25, 0.3) is 0 Å². The van der Waals surface area contributed by atoms with E-state index in [1.54, 1.807) is 11.5 Å². The van der Waals surface area contributed by atoms with E-state index >= 15 is 0 Å². The third-order valence-electron chi connectivity index (χ3n) is 5.20. The lowest BCUT2D eigenvalue weighted by Crippen LogP contribution is -2.23. The van der Waals surface area contributed by atoms with E-state index < -0.39 is 29.9 Å². The molecule has 1 aliphatic rings. The lowest BCUT2D eigenvalue weighted by Gasteiger charge is -2.21. The predicted octanol–water partition coefficient (Wildman–Crippen LogP) is 5.40. The molecule has 0 saturated heterocycles. The first-order chi connectivity index (χ1) is 14.6. The first-order valence-corrected chi connectivity index (χ1v) is 11.8. The van der Waals surface area contributed by atoms with E-state index in [1.807, 2.05) is 6.08 Å². The number of thiazole rings is 1. The zero-order valence-electron chi connectivity index (χ0n) is 17.2. The molecule has 10 heteroatoms. The minimum absolute atomic E-state index is 0.0442. The van der Waals surface area contributed by atoms with E-state index in [1.165, 1.54) is 30.0 Å². The number of halogens is 3. The molecule has 5 nitrogen and oxygen atoms in total. The van der Waals surface area contributed by atoms with Crippen LogP contribution in [0.3, 0.4) is 0 Å². The average molecular weight is 478 g/mol. The fourth-order valence-electron chi connectivity index (χ4n) is 3.48. The number of rotatable bonds is 12. The van der Waals surface area contributed by atoms with Crippen molar-refractivity contribution in [3.8, 4) is 0 Å². The van der Waals surface area contributed by atoms with Crippen molar-refractivity contribution in [2.24, 2.45) is 11.8 Å². The Morgan fingerprint density at radius 3 is 2.84 bits per heavy atom. The summed E-state index contributed by atoms with van der Waals surface area (Å²) in [5.41, 5.74) is -0.787. The molecule has 0 spiro atoms. The molecule has 2 N–H and O–H groups in total. The maximum Gasteiger partial charge on any atom is 0.309 e. The van der Waals surface area contributed by atoms with Crippen molar-refractivity contribution >= 4 is 34.9 Å². The smallest absolute Gasteiger partial charge is 0.309 e. The zero-order chi connectivity index (χ0) is 23.0. The van der Waals surface area contributed by atoms with Gasteiger partial charge in [-0.1, -0.05) is 23.9 Å². The highest BCUT2D eigenvalue weighted by molar-refractivity contribution is 8.01. The van der Waals surface area contributed by atoms with Crippen molar-refractivity contribution < 1.29 is 33.0 Å². The van der Waals surface area contributed by atoms with Gasteiger partial charge in [0.05, 0.1) is 17.7 Å². The van der Waals surface area contributed by atoms with Crippen LogP contribution < -0.4 is 0 Å². The number of carbonyl (C=O) groups is 2. The first-order valence-electron chi connectivity index (χ1n) is 9.98. The molecule has 2 rings (SSSR count). The SMILES string of the molecule is C[C@@](O)(C/C=C/[C@H]1CCC(=O)[C@@H]1CCSc1nc(CC(=O)O)cs1)CCC(F)=C(F)F. The summed E-state index contributed by atoms with van der Waals surface area (Å²) in [7, 11) is 0. The third-order valence-corrected chi connectivity index (χ3v) is 7.30. The van der Waals surface area contributed by atoms with Crippen molar-refractivity contribution in [1.82, 2.24) is 4.98 Å². The van der Waals surface area contributed by atoms with Gasteiger partial charge in [-0.25, -0.2) is 9.37 Å². The number of aromatic nitrogens is 1. The number of ketones is 1. The Balaban J connectivity index is 1.82. The summed E-state index contributed by atoms with van der Waals surface area (Å²) in [5.74, 6) is -1.64. The highest BCUT2D eigenvalue weighted by Gasteiger charge is 2.32.